The average Bonchev–Trinajstić information content (AvgIpc) is 3.21. The number of hydrogen-bond donors (Lipinski definition) is 0. The van der Waals surface area contributed by atoms with Crippen molar-refractivity contribution in [1.82, 2.24) is 14.9 Å². The molecule has 5 nitrogen and oxygen atoms in total. The smallest absolute Gasteiger partial charge is 0.264 e. The third kappa shape index (κ3) is 2.92. The fourth-order valence-electron chi connectivity index (χ4n) is 4.03. The fourth-order valence-corrected chi connectivity index (χ4v) is 5.23. The van der Waals surface area contributed by atoms with E-state index in [4.69, 9.17) is 4.42 Å². The molecule has 0 N–H and O–H groups in total. The van der Waals surface area contributed by atoms with E-state index in [2.05, 4.69) is 23.8 Å². The van der Waals surface area contributed by atoms with Crippen LogP contribution in [0.25, 0.3) is 21.8 Å². The van der Waals surface area contributed by atoms with Gasteiger partial charge in [-0.2, -0.15) is 0 Å². The van der Waals surface area contributed by atoms with E-state index in [0.29, 0.717) is 23.4 Å². The first-order chi connectivity index (χ1) is 12.4. The predicted molar refractivity (Wildman–Crippen MR) is 103 cm³/mol. The van der Waals surface area contributed by atoms with Crippen molar-refractivity contribution in [3.8, 4) is 11.6 Å². The van der Waals surface area contributed by atoms with Crippen LogP contribution in [0.2, 0.25) is 0 Å². The van der Waals surface area contributed by atoms with Crippen LogP contribution in [0, 0.1) is 25.7 Å². The van der Waals surface area contributed by atoms with E-state index in [-0.39, 0.29) is 5.91 Å². The van der Waals surface area contributed by atoms with Gasteiger partial charge in [-0.05, 0) is 49.8 Å². The lowest BCUT2D eigenvalue weighted by molar-refractivity contribution is 0.0627. The van der Waals surface area contributed by atoms with Crippen LogP contribution in [-0.4, -0.2) is 33.9 Å². The SMILES string of the molecule is Cc1nc(-c2ccco2)nc2sc(C(=O)N3CC(C)CC(C)C3)c(C)c12. The Balaban J connectivity index is 1.75. The van der Waals surface area contributed by atoms with Crippen LogP contribution in [0.4, 0.5) is 0 Å². The molecule has 0 bridgehead atoms. The molecule has 1 aliphatic rings. The lowest BCUT2D eigenvalue weighted by Gasteiger charge is -2.34. The first-order valence-corrected chi connectivity index (χ1v) is 9.86. The monoisotopic (exact) mass is 369 g/mol. The molecule has 26 heavy (non-hydrogen) atoms. The summed E-state index contributed by atoms with van der Waals surface area (Å²) in [5, 5.41) is 0.992. The Kier molecular flexibility index (Phi) is 4.31. The Morgan fingerprint density at radius 1 is 1.23 bits per heavy atom. The van der Waals surface area contributed by atoms with E-state index in [0.717, 1.165) is 39.4 Å². The Morgan fingerprint density at radius 3 is 2.62 bits per heavy atom. The van der Waals surface area contributed by atoms with Gasteiger partial charge in [-0.1, -0.05) is 13.8 Å². The summed E-state index contributed by atoms with van der Waals surface area (Å²) in [4.78, 5) is 26.1. The van der Waals surface area contributed by atoms with Gasteiger partial charge in [0, 0.05) is 18.5 Å². The van der Waals surface area contributed by atoms with Crippen LogP contribution in [0.15, 0.2) is 22.8 Å². The Bertz CT molecular complexity index is 951. The zero-order valence-corrected chi connectivity index (χ0v) is 16.4. The lowest BCUT2D eigenvalue weighted by Crippen LogP contribution is -2.42. The minimum absolute atomic E-state index is 0.128. The van der Waals surface area contributed by atoms with Gasteiger partial charge in [-0.15, -0.1) is 11.3 Å². The van der Waals surface area contributed by atoms with Crippen molar-refractivity contribution >= 4 is 27.5 Å². The maximum Gasteiger partial charge on any atom is 0.264 e. The Hall–Kier alpha value is -2.21. The number of aromatic nitrogens is 2. The van der Waals surface area contributed by atoms with Gasteiger partial charge in [0.15, 0.2) is 11.6 Å². The molecule has 3 aromatic heterocycles. The zero-order chi connectivity index (χ0) is 18.4. The minimum atomic E-state index is 0.128. The highest BCUT2D eigenvalue weighted by Crippen LogP contribution is 2.34. The normalized spacial score (nSPS) is 20.7. The molecule has 1 aliphatic heterocycles. The van der Waals surface area contributed by atoms with E-state index in [1.54, 1.807) is 6.26 Å². The molecule has 4 rings (SSSR count). The number of carbonyl (C=O) groups excluding carboxylic acids is 1. The van der Waals surface area contributed by atoms with Crippen molar-refractivity contribution in [3.63, 3.8) is 0 Å². The van der Waals surface area contributed by atoms with Crippen molar-refractivity contribution in [3.05, 3.63) is 34.5 Å². The largest absolute Gasteiger partial charge is 0.461 e. The third-order valence-electron chi connectivity index (χ3n) is 5.06. The standard InChI is InChI=1S/C20H23N3O2S/c1-11-8-12(2)10-23(9-11)20(24)17-13(3)16-14(4)21-18(22-19(16)26-17)15-6-5-7-25-15/h5-7,11-12H,8-10H2,1-4H3. The van der Waals surface area contributed by atoms with Crippen LogP contribution < -0.4 is 0 Å². The summed E-state index contributed by atoms with van der Waals surface area (Å²) >= 11 is 1.47. The van der Waals surface area contributed by atoms with E-state index >= 15 is 0 Å². The highest BCUT2D eigenvalue weighted by atomic mass is 32.1. The summed E-state index contributed by atoms with van der Waals surface area (Å²) in [6, 6.07) is 3.68. The third-order valence-corrected chi connectivity index (χ3v) is 6.24. The predicted octanol–water partition coefficient (Wildman–Crippen LogP) is 4.69. The number of carbonyl (C=O) groups is 1. The van der Waals surface area contributed by atoms with Crippen LogP contribution >= 0.6 is 11.3 Å². The molecular weight excluding hydrogens is 346 g/mol. The van der Waals surface area contributed by atoms with E-state index in [1.165, 1.54) is 17.8 Å². The van der Waals surface area contributed by atoms with Crippen molar-refractivity contribution in [2.75, 3.05) is 13.1 Å². The van der Waals surface area contributed by atoms with Gasteiger partial charge in [0.05, 0.1) is 16.8 Å². The van der Waals surface area contributed by atoms with Crippen LogP contribution in [-0.2, 0) is 0 Å². The molecule has 6 heteroatoms. The number of amides is 1. The lowest BCUT2D eigenvalue weighted by atomic mass is 9.92. The summed E-state index contributed by atoms with van der Waals surface area (Å²) < 4.78 is 5.43. The molecule has 4 heterocycles. The van der Waals surface area contributed by atoms with Crippen molar-refractivity contribution < 1.29 is 9.21 Å². The second-order valence-corrected chi connectivity index (χ2v) is 8.50. The van der Waals surface area contributed by atoms with Gasteiger partial charge in [-0.25, -0.2) is 9.97 Å². The number of furan rings is 1. The number of likely N-dealkylation sites (tertiary alicyclic amines) is 1. The number of rotatable bonds is 2. The molecule has 1 fully saturated rings. The number of fused-ring (bicyclic) bond motifs is 1. The molecule has 0 spiro atoms. The highest BCUT2D eigenvalue weighted by molar-refractivity contribution is 7.20. The number of nitrogens with zero attached hydrogens (tertiary/aromatic N) is 3. The average molecular weight is 369 g/mol. The van der Waals surface area contributed by atoms with Gasteiger partial charge in [0.25, 0.3) is 5.91 Å². The van der Waals surface area contributed by atoms with Gasteiger partial charge in [-0.3, -0.25) is 4.79 Å². The van der Waals surface area contributed by atoms with Crippen LogP contribution in [0.5, 0.6) is 0 Å². The summed E-state index contributed by atoms with van der Waals surface area (Å²) in [5.74, 6) is 2.44. The summed E-state index contributed by atoms with van der Waals surface area (Å²) in [7, 11) is 0. The van der Waals surface area contributed by atoms with Crippen LogP contribution in [0.1, 0.15) is 41.2 Å². The van der Waals surface area contributed by atoms with E-state index in [9.17, 15) is 4.79 Å². The molecule has 0 aliphatic carbocycles. The second-order valence-electron chi connectivity index (χ2n) is 7.50. The summed E-state index contributed by atoms with van der Waals surface area (Å²) in [5.41, 5.74) is 1.87. The molecule has 2 unspecified atom stereocenters. The fraction of sp³-hybridized carbons (Fsp3) is 0.450. The summed E-state index contributed by atoms with van der Waals surface area (Å²) in [6.45, 7) is 10.1. The number of hydrogen-bond acceptors (Lipinski definition) is 5. The minimum Gasteiger partial charge on any atom is -0.461 e. The molecular formula is C20H23N3O2S. The molecule has 1 saturated heterocycles. The molecule has 3 aromatic rings. The zero-order valence-electron chi connectivity index (χ0n) is 15.6. The van der Waals surface area contributed by atoms with E-state index < -0.39 is 0 Å². The molecule has 2 atom stereocenters. The molecule has 0 saturated carbocycles. The second kappa shape index (κ2) is 6.50. The Labute approximate surface area is 157 Å². The molecule has 0 aromatic carbocycles. The van der Waals surface area contributed by atoms with Gasteiger partial charge < -0.3 is 9.32 Å². The first-order valence-electron chi connectivity index (χ1n) is 9.05. The van der Waals surface area contributed by atoms with E-state index in [1.807, 2.05) is 30.9 Å². The highest BCUT2D eigenvalue weighted by Gasteiger charge is 2.29. The Morgan fingerprint density at radius 2 is 1.96 bits per heavy atom. The van der Waals surface area contributed by atoms with Gasteiger partial charge in [0.1, 0.15) is 4.83 Å². The molecule has 1 amide bonds. The maximum absolute atomic E-state index is 13.2. The first kappa shape index (κ1) is 17.2. The molecule has 136 valence electrons. The number of thiophene rings is 1. The number of aryl methyl sites for hydroxylation is 2. The van der Waals surface area contributed by atoms with Gasteiger partial charge in [0.2, 0.25) is 0 Å². The number of piperidine rings is 1. The van der Waals surface area contributed by atoms with Crippen molar-refractivity contribution in [2.45, 2.75) is 34.1 Å². The van der Waals surface area contributed by atoms with Crippen LogP contribution in [0.3, 0.4) is 0 Å². The maximum atomic E-state index is 13.2. The van der Waals surface area contributed by atoms with Crippen molar-refractivity contribution in [2.24, 2.45) is 11.8 Å². The van der Waals surface area contributed by atoms with Crippen molar-refractivity contribution in [1.29, 1.82) is 0 Å². The topological polar surface area (TPSA) is 59.2 Å². The summed E-state index contributed by atoms with van der Waals surface area (Å²) in [6.07, 6.45) is 2.80. The van der Waals surface area contributed by atoms with Gasteiger partial charge >= 0.3 is 0 Å². The quantitative estimate of drug-likeness (QED) is 0.658. The molecule has 0 radical (unpaired) electrons.